The molecule has 1 amide bonds. The van der Waals surface area contributed by atoms with Crippen molar-refractivity contribution in [3.63, 3.8) is 0 Å². The summed E-state index contributed by atoms with van der Waals surface area (Å²) in [5, 5.41) is 5.80. The van der Waals surface area contributed by atoms with Crippen molar-refractivity contribution in [3.05, 3.63) is 52.2 Å². The van der Waals surface area contributed by atoms with Gasteiger partial charge in [-0.3, -0.25) is 19.9 Å². The lowest BCUT2D eigenvalue weighted by Crippen LogP contribution is -2.13. The number of ether oxygens (including phenoxy) is 1. The topological polar surface area (TPSA) is 81.2 Å². The van der Waals surface area contributed by atoms with Crippen LogP contribution < -0.4 is 5.32 Å². The number of nitrogens with one attached hydrogen (secondary N) is 1. The number of carbonyl (C=O) groups excluding carboxylic acids is 2. The first-order chi connectivity index (χ1) is 12.5. The lowest BCUT2D eigenvalue weighted by molar-refractivity contribution is -0.142. The van der Waals surface area contributed by atoms with E-state index in [-0.39, 0.29) is 18.3 Å². The Morgan fingerprint density at radius 1 is 1.19 bits per heavy atom. The van der Waals surface area contributed by atoms with Gasteiger partial charge in [0.2, 0.25) is 0 Å². The highest BCUT2D eigenvalue weighted by atomic mass is 32.1. The number of nitrogens with zero attached hydrogens (tertiary/aromatic N) is 2. The smallest absolute Gasteiger partial charge is 0.311 e. The minimum Gasteiger partial charge on any atom is -0.466 e. The third kappa shape index (κ3) is 4.05. The first-order valence-electron chi connectivity index (χ1n) is 8.25. The maximum Gasteiger partial charge on any atom is 0.311 e. The van der Waals surface area contributed by atoms with Crippen LogP contribution in [0, 0.1) is 13.8 Å². The number of esters is 1. The second-order valence-corrected chi connectivity index (χ2v) is 6.77. The summed E-state index contributed by atoms with van der Waals surface area (Å²) in [5.74, 6) is -0.579. The van der Waals surface area contributed by atoms with E-state index in [0.717, 1.165) is 22.2 Å². The van der Waals surface area contributed by atoms with Gasteiger partial charge in [-0.15, -0.1) is 11.3 Å². The van der Waals surface area contributed by atoms with Crippen LogP contribution in [0.15, 0.2) is 29.6 Å². The molecule has 0 saturated carbocycles. The highest BCUT2D eigenvalue weighted by Gasteiger charge is 2.15. The molecular weight excluding hydrogens is 350 g/mol. The number of benzene rings is 1. The zero-order chi connectivity index (χ0) is 18.7. The molecule has 0 unspecified atom stereocenters. The molecule has 134 valence electrons. The Morgan fingerprint density at radius 3 is 2.77 bits per heavy atom. The Labute approximate surface area is 155 Å². The monoisotopic (exact) mass is 369 g/mol. The molecular formula is C19H19N3O3S. The molecule has 3 rings (SSSR count). The average Bonchev–Trinajstić information content (AvgIpc) is 3.01. The summed E-state index contributed by atoms with van der Waals surface area (Å²) in [5.41, 5.74) is 3.74. The molecule has 0 saturated heterocycles. The van der Waals surface area contributed by atoms with Crippen LogP contribution in [-0.2, 0) is 16.0 Å². The van der Waals surface area contributed by atoms with Gasteiger partial charge in [0.25, 0.3) is 5.91 Å². The van der Waals surface area contributed by atoms with Gasteiger partial charge in [-0.05, 0) is 39.0 Å². The van der Waals surface area contributed by atoms with Crippen molar-refractivity contribution in [3.8, 4) is 0 Å². The van der Waals surface area contributed by atoms with Gasteiger partial charge in [0.1, 0.15) is 0 Å². The summed E-state index contributed by atoms with van der Waals surface area (Å²) >= 11 is 1.28. The van der Waals surface area contributed by atoms with E-state index in [2.05, 4.69) is 15.3 Å². The number of anilines is 1. The number of pyridine rings is 1. The van der Waals surface area contributed by atoms with Crippen molar-refractivity contribution in [2.45, 2.75) is 27.2 Å². The largest absolute Gasteiger partial charge is 0.466 e. The lowest BCUT2D eigenvalue weighted by atomic mass is 10.0. The molecule has 0 aliphatic rings. The zero-order valence-corrected chi connectivity index (χ0v) is 15.6. The fourth-order valence-electron chi connectivity index (χ4n) is 2.63. The number of carbonyl (C=O) groups is 2. The van der Waals surface area contributed by atoms with Crippen LogP contribution in [0.25, 0.3) is 10.9 Å². The van der Waals surface area contributed by atoms with E-state index in [4.69, 9.17) is 4.74 Å². The molecule has 0 radical (unpaired) electrons. The van der Waals surface area contributed by atoms with E-state index in [0.29, 0.717) is 23.0 Å². The minimum atomic E-state index is -0.332. The van der Waals surface area contributed by atoms with Gasteiger partial charge in [-0.1, -0.05) is 11.6 Å². The fourth-order valence-corrected chi connectivity index (χ4v) is 3.34. The maximum atomic E-state index is 12.8. The number of aromatic nitrogens is 2. The van der Waals surface area contributed by atoms with E-state index in [1.807, 2.05) is 32.0 Å². The van der Waals surface area contributed by atoms with Crippen LogP contribution >= 0.6 is 11.3 Å². The maximum absolute atomic E-state index is 12.8. The highest BCUT2D eigenvalue weighted by Crippen LogP contribution is 2.22. The Hall–Kier alpha value is -2.80. The number of amides is 1. The highest BCUT2D eigenvalue weighted by molar-refractivity contribution is 7.14. The summed E-state index contributed by atoms with van der Waals surface area (Å²) in [7, 11) is 0. The molecule has 1 N–H and O–H groups in total. The Morgan fingerprint density at radius 2 is 2.00 bits per heavy atom. The van der Waals surface area contributed by atoms with Gasteiger partial charge < -0.3 is 4.74 Å². The minimum absolute atomic E-state index is 0.0939. The average molecular weight is 369 g/mol. The first-order valence-corrected chi connectivity index (χ1v) is 9.13. The van der Waals surface area contributed by atoms with Crippen LogP contribution in [0.5, 0.6) is 0 Å². The Bertz CT molecular complexity index is 981. The number of rotatable bonds is 5. The van der Waals surface area contributed by atoms with Crippen molar-refractivity contribution >= 4 is 39.2 Å². The van der Waals surface area contributed by atoms with Crippen molar-refractivity contribution in [1.29, 1.82) is 0 Å². The van der Waals surface area contributed by atoms with Crippen LogP contribution in [-0.4, -0.2) is 28.5 Å². The Balaban J connectivity index is 1.83. The first kappa shape index (κ1) is 18.0. The van der Waals surface area contributed by atoms with Crippen LogP contribution in [0.1, 0.15) is 34.2 Å². The molecule has 0 bridgehead atoms. The molecule has 0 aliphatic heterocycles. The second kappa shape index (κ2) is 7.61. The summed E-state index contributed by atoms with van der Waals surface area (Å²) in [6.45, 7) is 5.92. The van der Waals surface area contributed by atoms with Crippen molar-refractivity contribution in [2.24, 2.45) is 0 Å². The molecule has 0 atom stereocenters. The zero-order valence-electron chi connectivity index (χ0n) is 14.8. The number of fused-ring (bicyclic) bond motifs is 1. The van der Waals surface area contributed by atoms with E-state index >= 15 is 0 Å². The van der Waals surface area contributed by atoms with Crippen LogP contribution in [0.2, 0.25) is 0 Å². The molecule has 1 aromatic carbocycles. The SMILES string of the molecule is CCOC(=O)Cc1csc(NC(=O)c2cc(C)nc3ccc(C)cc23)n1. The van der Waals surface area contributed by atoms with E-state index in [9.17, 15) is 9.59 Å². The van der Waals surface area contributed by atoms with Gasteiger partial charge in [0, 0.05) is 16.5 Å². The van der Waals surface area contributed by atoms with Crippen molar-refractivity contribution < 1.29 is 14.3 Å². The van der Waals surface area contributed by atoms with Crippen molar-refractivity contribution in [1.82, 2.24) is 9.97 Å². The van der Waals surface area contributed by atoms with E-state index < -0.39 is 0 Å². The molecule has 2 aromatic heterocycles. The predicted molar refractivity (Wildman–Crippen MR) is 102 cm³/mol. The molecule has 6 nitrogen and oxygen atoms in total. The molecule has 0 spiro atoms. The standard InChI is InChI=1S/C19H19N3O3S/c1-4-25-17(23)9-13-10-26-19(21-13)22-18(24)15-8-12(3)20-16-6-5-11(2)7-14(15)16/h5-8,10H,4,9H2,1-3H3,(H,21,22,24). The Kier molecular flexibility index (Phi) is 5.27. The molecule has 0 aliphatic carbocycles. The summed E-state index contributed by atoms with van der Waals surface area (Å²) in [6, 6.07) is 7.60. The van der Waals surface area contributed by atoms with Gasteiger partial charge in [0.05, 0.1) is 29.8 Å². The normalized spacial score (nSPS) is 10.7. The third-order valence-corrected chi connectivity index (χ3v) is 4.55. The molecule has 3 aromatic rings. The number of thiazole rings is 1. The lowest BCUT2D eigenvalue weighted by Gasteiger charge is -2.08. The summed E-state index contributed by atoms with van der Waals surface area (Å²) in [4.78, 5) is 33.1. The molecule has 26 heavy (non-hydrogen) atoms. The summed E-state index contributed by atoms with van der Waals surface area (Å²) < 4.78 is 4.91. The number of aryl methyl sites for hydroxylation is 2. The van der Waals surface area contributed by atoms with Crippen LogP contribution in [0.4, 0.5) is 5.13 Å². The van der Waals surface area contributed by atoms with Gasteiger partial charge in [-0.25, -0.2) is 4.98 Å². The second-order valence-electron chi connectivity index (χ2n) is 5.91. The van der Waals surface area contributed by atoms with E-state index in [1.54, 1.807) is 18.4 Å². The summed E-state index contributed by atoms with van der Waals surface area (Å²) in [6.07, 6.45) is 0.0939. The number of hydrogen-bond donors (Lipinski definition) is 1. The molecule has 2 heterocycles. The van der Waals surface area contributed by atoms with Gasteiger partial charge in [0.15, 0.2) is 5.13 Å². The van der Waals surface area contributed by atoms with Crippen molar-refractivity contribution in [2.75, 3.05) is 11.9 Å². The fraction of sp³-hybridized carbons (Fsp3) is 0.263. The van der Waals surface area contributed by atoms with Crippen LogP contribution in [0.3, 0.4) is 0 Å². The quantitative estimate of drug-likeness (QED) is 0.694. The molecule has 0 fully saturated rings. The predicted octanol–water partition coefficient (Wildman–Crippen LogP) is 3.67. The van der Waals surface area contributed by atoms with Gasteiger partial charge in [-0.2, -0.15) is 0 Å². The van der Waals surface area contributed by atoms with Gasteiger partial charge >= 0.3 is 5.97 Å². The number of hydrogen-bond acceptors (Lipinski definition) is 6. The molecule has 7 heteroatoms. The van der Waals surface area contributed by atoms with E-state index in [1.165, 1.54) is 11.3 Å². The third-order valence-electron chi connectivity index (χ3n) is 3.74.